The van der Waals surface area contributed by atoms with Crippen LogP contribution in [0.4, 0.5) is 0 Å². The fourth-order valence-corrected chi connectivity index (χ4v) is 5.98. The molecule has 12 heteroatoms. The van der Waals surface area contributed by atoms with Gasteiger partial charge in [-0.25, -0.2) is 9.48 Å². The van der Waals surface area contributed by atoms with Gasteiger partial charge in [0, 0.05) is 25.0 Å². The van der Waals surface area contributed by atoms with E-state index < -0.39 is 35.1 Å². The normalized spacial score (nSPS) is 21.5. The van der Waals surface area contributed by atoms with Crippen molar-refractivity contribution < 1.29 is 24.6 Å². The minimum atomic E-state index is -1.31. The number of carbonyl (C=O) groups is 3. The summed E-state index contributed by atoms with van der Waals surface area (Å²) in [5.74, 6) is -1.95. The highest BCUT2D eigenvalue weighted by molar-refractivity contribution is 8.01. The van der Waals surface area contributed by atoms with Gasteiger partial charge in [0.2, 0.25) is 11.1 Å². The zero-order valence-electron chi connectivity index (χ0n) is 16.4. The molecule has 1 aromatic heterocycles. The quantitative estimate of drug-likeness (QED) is 0.430. The van der Waals surface area contributed by atoms with E-state index in [1.54, 1.807) is 37.4 Å². The summed E-state index contributed by atoms with van der Waals surface area (Å²) in [6.07, 6.45) is -1.44. The van der Waals surface area contributed by atoms with Gasteiger partial charge in [-0.15, -0.1) is 16.9 Å². The van der Waals surface area contributed by atoms with Gasteiger partial charge in [0.25, 0.3) is 0 Å². The van der Waals surface area contributed by atoms with Crippen molar-refractivity contribution in [3.63, 3.8) is 0 Å². The number of aliphatic hydroxyl groups excluding tert-OH is 1. The molecule has 2 aliphatic rings. The maximum Gasteiger partial charge on any atom is 0.352 e. The van der Waals surface area contributed by atoms with Crippen molar-refractivity contribution >= 4 is 41.2 Å². The molecule has 1 aromatic carbocycles. The number of tetrazole rings is 1. The van der Waals surface area contributed by atoms with Crippen molar-refractivity contribution in [1.82, 2.24) is 25.1 Å². The molecule has 1 unspecified atom stereocenters. The van der Waals surface area contributed by atoms with Crippen LogP contribution in [-0.2, 0) is 21.4 Å². The molecule has 162 valence electrons. The smallest absolute Gasteiger partial charge is 0.352 e. The van der Waals surface area contributed by atoms with Gasteiger partial charge < -0.3 is 10.2 Å². The topological polar surface area (TPSA) is 139 Å². The van der Waals surface area contributed by atoms with E-state index in [1.165, 1.54) is 33.1 Å². The summed E-state index contributed by atoms with van der Waals surface area (Å²) in [6.45, 7) is 0. The summed E-state index contributed by atoms with van der Waals surface area (Å²) < 4.78 is 1.49. The fraction of sp³-hybridized carbons (Fsp3) is 0.368. The van der Waals surface area contributed by atoms with Crippen LogP contribution in [0.25, 0.3) is 0 Å². The molecule has 1 fully saturated rings. The summed E-state index contributed by atoms with van der Waals surface area (Å²) in [6, 6.07) is 8.52. The van der Waals surface area contributed by atoms with Crippen LogP contribution in [0, 0.1) is 5.92 Å². The maximum absolute atomic E-state index is 12.8. The number of aliphatic hydroxyl groups is 1. The molecule has 2 aromatic rings. The van der Waals surface area contributed by atoms with E-state index in [9.17, 15) is 24.6 Å². The molecular formula is C19H19N5O5S2. The van der Waals surface area contributed by atoms with Crippen molar-refractivity contribution in [3.05, 3.63) is 47.2 Å². The van der Waals surface area contributed by atoms with Crippen LogP contribution >= 0.6 is 23.5 Å². The van der Waals surface area contributed by atoms with E-state index in [4.69, 9.17) is 0 Å². The summed E-state index contributed by atoms with van der Waals surface area (Å²) in [4.78, 5) is 38.5. The Kier molecular flexibility index (Phi) is 6.12. The van der Waals surface area contributed by atoms with Crippen molar-refractivity contribution in [3.8, 4) is 0 Å². The lowest BCUT2D eigenvalue weighted by molar-refractivity contribution is -0.154. The van der Waals surface area contributed by atoms with Crippen molar-refractivity contribution in [2.75, 3.05) is 11.5 Å². The average Bonchev–Trinajstić information content (AvgIpc) is 3.19. The first-order chi connectivity index (χ1) is 14.9. The highest BCUT2D eigenvalue weighted by atomic mass is 32.2. The third-order valence-corrected chi connectivity index (χ3v) is 7.65. The number of carboxylic acids is 1. The highest BCUT2D eigenvalue weighted by Gasteiger charge is 2.54. The lowest BCUT2D eigenvalue weighted by Gasteiger charge is -2.49. The molecule has 3 heterocycles. The number of ketones is 1. The molecule has 0 bridgehead atoms. The van der Waals surface area contributed by atoms with Gasteiger partial charge in [0.1, 0.15) is 11.8 Å². The maximum atomic E-state index is 12.8. The Morgan fingerprint density at radius 2 is 2.06 bits per heavy atom. The predicted octanol–water partition coefficient (Wildman–Crippen LogP) is 0.865. The number of aromatic nitrogens is 4. The van der Waals surface area contributed by atoms with E-state index in [-0.39, 0.29) is 12.1 Å². The molecule has 3 atom stereocenters. The zero-order chi connectivity index (χ0) is 22.1. The molecule has 2 N–H and O–H groups in total. The number of aryl methyl sites for hydroxylation is 1. The number of amides is 1. The van der Waals surface area contributed by atoms with E-state index in [1.807, 2.05) is 0 Å². The number of hydrogen-bond acceptors (Lipinski definition) is 9. The van der Waals surface area contributed by atoms with Crippen LogP contribution in [0.15, 0.2) is 46.8 Å². The van der Waals surface area contributed by atoms with Gasteiger partial charge in [-0.2, -0.15) is 0 Å². The molecule has 0 spiro atoms. The summed E-state index contributed by atoms with van der Waals surface area (Å²) in [5.41, 5.74) is 1.03. The van der Waals surface area contributed by atoms with Crippen molar-refractivity contribution in [2.45, 2.75) is 23.1 Å². The summed E-state index contributed by atoms with van der Waals surface area (Å²) in [7, 11) is 1.69. The number of aliphatic carboxylic acids is 1. The average molecular weight is 462 g/mol. The Balaban J connectivity index is 1.46. The van der Waals surface area contributed by atoms with Gasteiger partial charge in [0.15, 0.2) is 5.78 Å². The molecule has 2 aliphatic heterocycles. The number of nitrogens with zero attached hydrogens (tertiary/aromatic N) is 5. The van der Waals surface area contributed by atoms with Gasteiger partial charge >= 0.3 is 5.97 Å². The Morgan fingerprint density at radius 3 is 2.71 bits per heavy atom. The predicted molar refractivity (Wildman–Crippen MR) is 112 cm³/mol. The molecule has 10 nitrogen and oxygen atoms in total. The molecule has 0 aliphatic carbocycles. The van der Waals surface area contributed by atoms with Crippen LogP contribution in [0.3, 0.4) is 0 Å². The summed E-state index contributed by atoms with van der Waals surface area (Å²) >= 11 is 2.71. The second-order valence-corrected chi connectivity index (χ2v) is 9.18. The number of Topliss-reactive ketones (excluding diaryl/α,β-unsaturated/α-hetero) is 1. The van der Waals surface area contributed by atoms with Gasteiger partial charge in [-0.05, 0) is 21.6 Å². The first-order valence-electron chi connectivity index (χ1n) is 9.39. The molecule has 0 radical (unpaired) electrons. The molecule has 4 rings (SSSR count). The van der Waals surface area contributed by atoms with Crippen molar-refractivity contribution in [1.29, 1.82) is 0 Å². The first-order valence-corrected chi connectivity index (χ1v) is 11.4. The van der Waals surface area contributed by atoms with E-state index in [0.29, 0.717) is 27.8 Å². The number of β-lactam (4-membered cyclic amide) rings is 1. The van der Waals surface area contributed by atoms with Crippen LogP contribution in [0.5, 0.6) is 0 Å². The zero-order valence-corrected chi connectivity index (χ0v) is 18.0. The number of carbonyl (C=O) groups excluding carboxylic acids is 2. The largest absolute Gasteiger partial charge is 0.477 e. The number of hydrogen-bond donors (Lipinski definition) is 2. The molecule has 1 amide bonds. The molecule has 31 heavy (non-hydrogen) atoms. The van der Waals surface area contributed by atoms with Gasteiger partial charge in [-0.3, -0.25) is 14.5 Å². The minimum absolute atomic E-state index is 0.0383. The third kappa shape index (κ3) is 4.10. The van der Waals surface area contributed by atoms with E-state index in [2.05, 4.69) is 15.5 Å². The van der Waals surface area contributed by atoms with Gasteiger partial charge in [0.05, 0.1) is 11.3 Å². The number of fused-ring (bicyclic) bond motifs is 1. The Labute approximate surface area is 185 Å². The Bertz CT molecular complexity index is 1060. The SMILES string of the molecule is Cn1nnnc1SCC1=C(C(=O)O)N2C(=O)[C@@H](CC(=O)[C@H](O)c3ccccc3)C2SC1. The highest BCUT2D eigenvalue weighted by Crippen LogP contribution is 2.46. The number of thioether (sulfide) groups is 2. The van der Waals surface area contributed by atoms with Crippen molar-refractivity contribution in [2.24, 2.45) is 13.0 Å². The first kappa shape index (κ1) is 21.5. The third-order valence-electron chi connectivity index (χ3n) is 5.16. The Morgan fingerprint density at radius 1 is 1.32 bits per heavy atom. The van der Waals surface area contributed by atoms with Crippen LogP contribution in [-0.4, -0.2) is 69.9 Å². The second-order valence-electron chi connectivity index (χ2n) is 7.13. The summed E-state index contributed by atoms with van der Waals surface area (Å²) in [5, 5.41) is 31.3. The monoisotopic (exact) mass is 461 g/mol. The fourth-order valence-electron chi connectivity index (χ4n) is 3.57. The van der Waals surface area contributed by atoms with Crippen LogP contribution in [0.2, 0.25) is 0 Å². The molecular weight excluding hydrogens is 442 g/mol. The molecule has 0 saturated carbocycles. The van der Waals surface area contributed by atoms with E-state index in [0.717, 1.165) is 0 Å². The molecule has 1 saturated heterocycles. The second kappa shape index (κ2) is 8.81. The lowest BCUT2D eigenvalue weighted by atomic mass is 9.88. The van der Waals surface area contributed by atoms with Gasteiger partial charge in [-0.1, -0.05) is 42.1 Å². The number of rotatable bonds is 8. The number of carboxylic acid groups (broad SMARTS) is 1. The minimum Gasteiger partial charge on any atom is -0.477 e. The standard InChI is InChI=1S/C19H19N5O5S2/c1-23-19(20-21-22-23)31-9-11-8-30-17-12(16(27)24(17)14(11)18(28)29)7-13(25)15(26)10-5-3-2-4-6-10/h2-6,12,15,17,26H,7-9H2,1H3,(H,28,29)/t12-,15-,17?/m1/s1. The number of benzene rings is 1. The van der Waals surface area contributed by atoms with Crippen LogP contribution in [0.1, 0.15) is 18.1 Å². The lowest BCUT2D eigenvalue weighted by Crippen LogP contribution is -2.62. The Hall–Kier alpha value is -2.70. The van der Waals surface area contributed by atoms with Crippen LogP contribution < -0.4 is 0 Å². The van der Waals surface area contributed by atoms with E-state index >= 15 is 0 Å².